The molecule has 6 nitrogen and oxygen atoms in total. The SMILES string of the molecule is c1nc2c(c(NCC3CN(c4ccc(C5CC5)nn4)C3)n1)CCC2. The third-order valence-electron chi connectivity index (χ3n) is 5.38. The van der Waals surface area contributed by atoms with E-state index in [0.29, 0.717) is 11.8 Å². The highest BCUT2D eigenvalue weighted by atomic mass is 15.3. The smallest absolute Gasteiger partial charge is 0.151 e. The standard InChI is InChI=1S/C18H22N6/c1-2-14-16(3-1)20-11-21-18(14)19-8-12-9-24(10-12)17-7-6-15(22-23-17)13-4-5-13/h6-7,11-13H,1-5,8-10H2,(H,19,20,21). The summed E-state index contributed by atoms with van der Waals surface area (Å²) in [6.45, 7) is 3.04. The number of hydrogen-bond acceptors (Lipinski definition) is 6. The minimum Gasteiger partial charge on any atom is -0.369 e. The Labute approximate surface area is 141 Å². The van der Waals surface area contributed by atoms with Gasteiger partial charge in [-0.3, -0.25) is 0 Å². The van der Waals surface area contributed by atoms with Crippen LogP contribution in [0, 0.1) is 5.92 Å². The third kappa shape index (κ3) is 2.60. The summed E-state index contributed by atoms with van der Waals surface area (Å²) in [6.07, 6.45) is 7.65. The molecule has 0 aromatic carbocycles. The van der Waals surface area contributed by atoms with Gasteiger partial charge in [0.2, 0.25) is 0 Å². The average molecular weight is 322 g/mol. The van der Waals surface area contributed by atoms with E-state index < -0.39 is 0 Å². The zero-order chi connectivity index (χ0) is 15.9. The fourth-order valence-corrected chi connectivity index (χ4v) is 3.74. The number of rotatable bonds is 5. The molecule has 0 radical (unpaired) electrons. The zero-order valence-corrected chi connectivity index (χ0v) is 13.8. The van der Waals surface area contributed by atoms with Crippen LogP contribution in [0.1, 0.15) is 42.1 Å². The number of fused-ring (bicyclic) bond motifs is 1. The first kappa shape index (κ1) is 14.1. The lowest BCUT2D eigenvalue weighted by Crippen LogP contribution is -2.50. The normalized spacial score (nSPS) is 19.9. The molecule has 2 fully saturated rings. The predicted octanol–water partition coefficient (Wildman–Crippen LogP) is 2.18. The summed E-state index contributed by atoms with van der Waals surface area (Å²) in [5.41, 5.74) is 3.72. The molecule has 3 aliphatic rings. The third-order valence-corrected chi connectivity index (χ3v) is 5.38. The van der Waals surface area contributed by atoms with Crippen molar-refractivity contribution in [2.75, 3.05) is 29.9 Å². The number of hydrogen-bond donors (Lipinski definition) is 1. The molecule has 6 heteroatoms. The fourth-order valence-electron chi connectivity index (χ4n) is 3.74. The molecule has 0 atom stereocenters. The summed E-state index contributed by atoms with van der Waals surface area (Å²) in [5.74, 6) is 3.37. The quantitative estimate of drug-likeness (QED) is 0.910. The van der Waals surface area contributed by atoms with Crippen molar-refractivity contribution in [2.45, 2.75) is 38.0 Å². The van der Waals surface area contributed by atoms with Crippen molar-refractivity contribution < 1.29 is 0 Å². The first-order chi connectivity index (χ1) is 11.9. The van der Waals surface area contributed by atoms with Crippen LogP contribution in [0.2, 0.25) is 0 Å². The molecule has 1 saturated heterocycles. The van der Waals surface area contributed by atoms with Gasteiger partial charge < -0.3 is 10.2 Å². The maximum atomic E-state index is 4.43. The zero-order valence-electron chi connectivity index (χ0n) is 13.8. The van der Waals surface area contributed by atoms with Gasteiger partial charge in [-0.15, -0.1) is 5.10 Å². The van der Waals surface area contributed by atoms with Crippen LogP contribution in [-0.2, 0) is 12.8 Å². The molecule has 1 N–H and O–H groups in total. The van der Waals surface area contributed by atoms with E-state index in [2.05, 4.69) is 42.5 Å². The molecule has 2 aromatic heterocycles. The lowest BCUT2D eigenvalue weighted by atomic mass is 10.00. The van der Waals surface area contributed by atoms with Crippen LogP contribution in [-0.4, -0.2) is 39.8 Å². The second-order valence-electron chi connectivity index (χ2n) is 7.24. The Morgan fingerprint density at radius 1 is 1.08 bits per heavy atom. The number of nitrogens with zero attached hydrogens (tertiary/aromatic N) is 5. The van der Waals surface area contributed by atoms with Gasteiger partial charge in [-0.2, -0.15) is 5.10 Å². The molecular formula is C18H22N6. The van der Waals surface area contributed by atoms with Crippen LogP contribution < -0.4 is 10.2 Å². The van der Waals surface area contributed by atoms with Gasteiger partial charge in [0.25, 0.3) is 0 Å². The van der Waals surface area contributed by atoms with Crippen LogP contribution in [0.5, 0.6) is 0 Å². The van der Waals surface area contributed by atoms with Crippen LogP contribution in [0.15, 0.2) is 18.5 Å². The monoisotopic (exact) mass is 322 g/mol. The van der Waals surface area contributed by atoms with Crippen molar-refractivity contribution in [3.63, 3.8) is 0 Å². The van der Waals surface area contributed by atoms with Crippen LogP contribution in [0.25, 0.3) is 0 Å². The predicted molar refractivity (Wildman–Crippen MR) is 92.3 cm³/mol. The average Bonchev–Trinajstić information content (AvgIpc) is 3.31. The molecule has 1 saturated carbocycles. The summed E-state index contributed by atoms with van der Waals surface area (Å²) in [7, 11) is 0. The van der Waals surface area contributed by atoms with Crippen molar-refractivity contribution in [3.05, 3.63) is 35.4 Å². The summed E-state index contributed by atoms with van der Waals surface area (Å²) < 4.78 is 0. The minimum atomic E-state index is 0.641. The van der Waals surface area contributed by atoms with Crippen LogP contribution in [0.4, 0.5) is 11.6 Å². The van der Waals surface area contributed by atoms with Gasteiger partial charge in [0.1, 0.15) is 12.1 Å². The largest absolute Gasteiger partial charge is 0.369 e. The topological polar surface area (TPSA) is 66.8 Å². The van der Waals surface area contributed by atoms with Crippen molar-refractivity contribution in [1.82, 2.24) is 20.2 Å². The Morgan fingerprint density at radius 2 is 2.00 bits per heavy atom. The van der Waals surface area contributed by atoms with Gasteiger partial charge >= 0.3 is 0 Å². The molecular weight excluding hydrogens is 300 g/mol. The van der Waals surface area contributed by atoms with Crippen molar-refractivity contribution in [2.24, 2.45) is 5.92 Å². The van der Waals surface area contributed by atoms with E-state index in [4.69, 9.17) is 0 Å². The second kappa shape index (κ2) is 5.69. The summed E-state index contributed by atoms with van der Waals surface area (Å²) in [4.78, 5) is 11.1. The van der Waals surface area contributed by atoms with Crippen LogP contribution in [0.3, 0.4) is 0 Å². The molecule has 0 amide bonds. The van der Waals surface area contributed by atoms with Gasteiger partial charge in [0, 0.05) is 42.7 Å². The molecule has 124 valence electrons. The lowest BCUT2D eigenvalue weighted by Gasteiger charge is -2.40. The van der Waals surface area contributed by atoms with Gasteiger partial charge in [0.05, 0.1) is 5.69 Å². The summed E-state index contributed by atoms with van der Waals surface area (Å²) >= 11 is 0. The minimum absolute atomic E-state index is 0.641. The molecule has 0 spiro atoms. The van der Waals surface area contributed by atoms with Crippen molar-refractivity contribution >= 4 is 11.6 Å². The number of aromatic nitrogens is 4. The second-order valence-corrected chi connectivity index (χ2v) is 7.24. The molecule has 0 bridgehead atoms. The van der Waals surface area contributed by atoms with Crippen molar-refractivity contribution in [1.29, 1.82) is 0 Å². The Bertz CT molecular complexity index is 734. The van der Waals surface area contributed by atoms with E-state index in [-0.39, 0.29) is 0 Å². The Balaban J connectivity index is 1.15. The van der Waals surface area contributed by atoms with Gasteiger partial charge in [-0.1, -0.05) is 0 Å². The van der Waals surface area contributed by atoms with Crippen molar-refractivity contribution in [3.8, 4) is 0 Å². The molecule has 2 aromatic rings. The number of nitrogens with one attached hydrogen (secondary N) is 1. The van der Waals surface area contributed by atoms with E-state index in [0.717, 1.165) is 49.8 Å². The summed E-state index contributed by atoms with van der Waals surface area (Å²) in [5, 5.41) is 12.3. The number of anilines is 2. The Morgan fingerprint density at radius 3 is 2.79 bits per heavy atom. The summed E-state index contributed by atoms with van der Waals surface area (Å²) in [6, 6.07) is 4.28. The highest BCUT2D eigenvalue weighted by molar-refractivity contribution is 5.48. The fraction of sp³-hybridized carbons (Fsp3) is 0.556. The van der Waals surface area contributed by atoms with Gasteiger partial charge in [-0.25, -0.2) is 9.97 Å². The van der Waals surface area contributed by atoms with Gasteiger partial charge in [0.15, 0.2) is 5.82 Å². The first-order valence-electron chi connectivity index (χ1n) is 9.02. The maximum absolute atomic E-state index is 4.43. The first-order valence-corrected chi connectivity index (χ1v) is 9.02. The van der Waals surface area contributed by atoms with E-state index in [9.17, 15) is 0 Å². The highest BCUT2D eigenvalue weighted by Gasteiger charge is 2.30. The molecule has 24 heavy (non-hydrogen) atoms. The van der Waals surface area contributed by atoms with E-state index in [1.807, 2.05) is 0 Å². The molecule has 1 aliphatic heterocycles. The molecule has 2 aliphatic carbocycles. The highest BCUT2D eigenvalue weighted by Crippen LogP contribution is 2.39. The molecule has 3 heterocycles. The van der Waals surface area contributed by atoms with Crippen LogP contribution >= 0.6 is 0 Å². The maximum Gasteiger partial charge on any atom is 0.151 e. The van der Waals surface area contributed by atoms with E-state index in [1.165, 1.54) is 30.5 Å². The van der Waals surface area contributed by atoms with Gasteiger partial charge in [-0.05, 0) is 44.2 Å². The number of aryl methyl sites for hydroxylation is 1. The lowest BCUT2D eigenvalue weighted by molar-refractivity contribution is 0.425. The van der Waals surface area contributed by atoms with E-state index in [1.54, 1.807) is 6.33 Å². The van der Waals surface area contributed by atoms with E-state index >= 15 is 0 Å². The Kier molecular flexibility index (Phi) is 3.35. The Hall–Kier alpha value is -2.24. The molecule has 0 unspecified atom stereocenters. The molecule has 5 rings (SSSR count).